The topological polar surface area (TPSA) is 80.5 Å². The van der Waals surface area contributed by atoms with Gasteiger partial charge in [-0.2, -0.15) is 4.31 Å². The summed E-state index contributed by atoms with van der Waals surface area (Å²) >= 11 is 3.25. The van der Waals surface area contributed by atoms with Gasteiger partial charge in [0.1, 0.15) is 0 Å². The van der Waals surface area contributed by atoms with Gasteiger partial charge in [-0.3, -0.25) is 4.79 Å². The smallest absolute Gasteiger partial charge is 0.243 e. The Bertz CT molecular complexity index is 556. The minimum absolute atomic E-state index is 0.174. The number of hydrogen-bond donors (Lipinski definition) is 1. The van der Waals surface area contributed by atoms with Gasteiger partial charge in [-0.1, -0.05) is 15.9 Å². The summed E-state index contributed by atoms with van der Waals surface area (Å²) in [4.78, 5) is 11.3. The van der Waals surface area contributed by atoms with Gasteiger partial charge >= 0.3 is 0 Å². The van der Waals surface area contributed by atoms with Crippen LogP contribution >= 0.6 is 15.9 Å². The molecule has 1 fully saturated rings. The van der Waals surface area contributed by atoms with Crippen LogP contribution in [0.2, 0.25) is 0 Å². The second-order valence-corrected chi connectivity index (χ2v) is 7.06. The molecule has 5 nitrogen and oxygen atoms in total. The molecule has 0 spiro atoms. The summed E-state index contributed by atoms with van der Waals surface area (Å²) < 4.78 is 26.7. The third kappa shape index (κ3) is 2.57. The molecule has 0 aliphatic carbocycles. The number of nitrogens with two attached hydrogens (primary N) is 1. The first-order chi connectivity index (χ1) is 8.41. The lowest BCUT2D eigenvalue weighted by molar-refractivity contribution is -0.121. The zero-order chi connectivity index (χ0) is 13.3. The third-order valence-electron chi connectivity index (χ3n) is 3.00. The maximum absolute atomic E-state index is 12.3. The average molecular weight is 333 g/mol. The van der Waals surface area contributed by atoms with Gasteiger partial charge in [-0.05, 0) is 30.7 Å². The van der Waals surface area contributed by atoms with Crippen LogP contribution in [0.1, 0.15) is 6.42 Å². The van der Waals surface area contributed by atoms with Gasteiger partial charge in [0.2, 0.25) is 15.9 Å². The van der Waals surface area contributed by atoms with E-state index in [0.29, 0.717) is 13.0 Å². The second kappa shape index (κ2) is 4.99. The summed E-state index contributed by atoms with van der Waals surface area (Å²) in [5, 5.41) is 0. The van der Waals surface area contributed by atoms with E-state index in [1.54, 1.807) is 12.1 Å². The molecule has 1 unspecified atom stereocenters. The number of benzene rings is 1. The van der Waals surface area contributed by atoms with E-state index in [9.17, 15) is 13.2 Å². The third-order valence-corrected chi connectivity index (χ3v) is 5.41. The molecule has 1 aliphatic heterocycles. The van der Waals surface area contributed by atoms with Crippen LogP contribution in [0.5, 0.6) is 0 Å². The van der Waals surface area contributed by atoms with E-state index in [4.69, 9.17) is 5.73 Å². The lowest BCUT2D eigenvalue weighted by Crippen LogP contribution is -2.31. The van der Waals surface area contributed by atoms with Crippen LogP contribution in [-0.2, 0) is 14.8 Å². The van der Waals surface area contributed by atoms with Crippen LogP contribution < -0.4 is 5.73 Å². The fourth-order valence-corrected chi connectivity index (χ4v) is 3.70. The van der Waals surface area contributed by atoms with E-state index >= 15 is 0 Å². The van der Waals surface area contributed by atoms with Gasteiger partial charge < -0.3 is 5.73 Å². The average Bonchev–Trinajstić information content (AvgIpc) is 2.79. The Morgan fingerprint density at radius 3 is 2.44 bits per heavy atom. The molecule has 1 heterocycles. The Kier molecular flexibility index (Phi) is 3.74. The number of carbonyl (C=O) groups is 1. The number of primary amides is 1. The van der Waals surface area contributed by atoms with Crippen LogP contribution in [0.3, 0.4) is 0 Å². The lowest BCUT2D eigenvalue weighted by atomic mass is 10.1. The second-order valence-electron chi connectivity index (χ2n) is 4.20. The standard InChI is InChI=1S/C11H13BrN2O3S/c12-9-1-3-10(4-2-9)18(16,17)14-6-5-8(7-14)11(13)15/h1-4,8H,5-7H2,(H2,13,15). The highest BCUT2D eigenvalue weighted by atomic mass is 79.9. The van der Waals surface area contributed by atoms with Gasteiger partial charge in [0, 0.05) is 17.6 Å². The molecular weight excluding hydrogens is 320 g/mol. The summed E-state index contributed by atoms with van der Waals surface area (Å²) in [7, 11) is -3.52. The van der Waals surface area contributed by atoms with E-state index in [1.807, 2.05) is 0 Å². The zero-order valence-corrected chi connectivity index (χ0v) is 11.9. The van der Waals surface area contributed by atoms with Gasteiger partial charge in [0.15, 0.2) is 0 Å². The highest BCUT2D eigenvalue weighted by molar-refractivity contribution is 9.10. The van der Waals surface area contributed by atoms with Crippen molar-refractivity contribution in [2.45, 2.75) is 11.3 Å². The Hall–Kier alpha value is -0.920. The predicted molar refractivity (Wildman–Crippen MR) is 70.2 cm³/mol. The maximum Gasteiger partial charge on any atom is 0.243 e. The minimum Gasteiger partial charge on any atom is -0.369 e. The van der Waals surface area contributed by atoms with Crippen molar-refractivity contribution in [1.82, 2.24) is 4.31 Å². The van der Waals surface area contributed by atoms with E-state index in [-0.39, 0.29) is 17.4 Å². The first-order valence-corrected chi connectivity index (χ1v) is 7.69. The van der Waals surface area contributed by atoms with Crippen molar-refractivity contribution in [3.63, 3.8) is 0 Å². The van der Waals surface area contributed by atoms with E-state index in [2.05, 4.69) is 15.9 Å². The number of amides is 1. The Morgan fingerprint density at radius 2 is 1.94 bits per heavy atom. The van der Waals surface area contributed by atoms with Crippen molar-refractivity contribution < 1.29 is 13.2 Å². The van der Waals surface area contributed by atoms with Crippen LogP contribution in [0, 0.1) is 5.92 Å². The van der Waals surface area contributed by atoms with Crippen molar-refractivity contribution in [3.05, 3.63) is 28.7 Å². The maximum atomic E-state index is 12.3. The van der Waals surface area contributed by atoms with E-state index < -0.39 is 15.9 Å². The number of sulfonamides is 1. The van der Waals surface area contributed by atoms with Crippen molar-refractivity contribution >= 4 is 31.9 Å². The molecule has 2 rings (SSSR count). The molecule has 0 saturated carbocycles. The summed E-state index contributed by atoms with van der Waals surface area (Å²) in [6, 6.07) is 6.43. The van der Waals surface area contributed by atoms with Crippen LogP contribution in [0.4, 0.5) is 0 Å². The van der Waals surface area contributed by atoms with Crippen molar-refractivity contribution in [2.24, 2.45) is 11.7 Å². The molecule has 1 amide bonds. The highest BCUT2D eigenvalue weighted by Gasteiger charge is 2.34. The first-order valence-electron chi connectivity index (χ1n) is 5.46. The Labute approximate surface area is 114 Å². The first kappa shape index (κ1) is 13.5. The summed E-state index contributed by atoms with van der Waals surface area (Å²) in [5.41, 5.74) is 5.20. The lowest BCUT2D eigenvalue weighted by Gasteiger charge is -2.16. The summed E-state index contributed by atoms with van der Waals surface area (Å²) in [6.45, 7) is 0.514. The molecule has 1 aromatic carbocycles. The number of nitrogens with zero attached hydrogens (tertiary/aromatic N) is 1. The SMILES string of the molecule is NC(=O)C1CCN(S(=O)(=O)c2ccc(Br)cc2)C1. The molecule has 7 heteroatoms. The molecule has 0 radical (unpaired) electrons. The molecule has 1 atom stereocenters. The monoisotopic (exact) mass is 332 g/mol. The molecule has 0 aromatic heterocycles. The normalized spacial score (nSPS) is 21.1. The molecule has 98 valence electrons. The van der Waals surface area contributed by atoms with Gasteiger partial charge in [-0.25, -0.2) is 8.42 Å². The van der Waals surface area contributed by atoms with E-state index in [1.165, 1.54) is 16.4 Å². The van der Waals surface area contributed by atoms with Crippen molar-refractivity contribution in [3.8, 4) is 0 Å². The van der Waals surface area contributed by atoms with Crippen molar-refractivity contribution in [1.29, 1.82) is 0 Å². The van der Waals surface area contributed by atoms with Gasteiger partial charge in [0.05, 0.1) is 10.8 Å². The molecule has 1 saturated heterocycles. The van der Waals surface area contributed by atoms with E-state index in [0.717, 1.165) is 4.47 Å². The van der Waals surface area contributed by atoms with Crippen LogP contribution in [-0.4, -0.2) is 31.7 Å². The van der Waals surface area contributed by atoms with Crippen LogP contribution in [0.25, 0.3) is 0 Å². The number of hydrogen-bond acceptors (Lipinski definition) is 3. The molecule has 0 bridgehead atoms. The number of carbonyl (C=O) groups excluding carboxylic acids is 1. The number of halogens is 1. The van der Waals surface area contributed by atoms with Crippen molar-refractivity contribution in [2.75, 3.05) is 13.1 Å². The fraction of sp³-hybridized carbons (Fsp3) is 0.364. The predicted octanol–water partition coefficient (Wildman–Crippen LogP) is 0.945. The Balaban J connectivity index is 2.22. The molecular formula is C11H13BrN2O3S. The quantitative estimate of drug-likeness (QED) is 0.894. The molecule has 18 heavy (non-hydrogen) atoms. The zero-order valence-electron chi connectivity index (χ0n) is 9.54. The highest BCUT2D eigenvalue weighted by Crippen LogP contribution is 2.25. The summed E-state index contributed by atoms with van der Waals surface area (Å²) in [6.07, 6.45) is 0.491. The summed E-state index contributed by atoms with van der Waals surface area (Å²) in [5.74, 6) is -0.821. The van der Waals surface area contributed by atoms with Crippen LogP contribution in [0.15, 0.2) is 33.6 Å². The number of rotatable bonds is 3. The minimum atomic E-state index is -3.52. The largest absolute Gasteiger partial charge is 0.369 e. The fourth-order valence-electron chi connectivity index (χ4n) is 1.93. The molecule has 1 aliphatic rings. The molecule has 2 N–H and O–H groups in total. The van der Waals surface area contributed by atoms with Gasteiger partial charge in [0.25, 0.3) is 0 Å². The molecule has 1 aromatic rings. The Morgan fingerprint density at radius 1 is 1.33 bits per heavy atom. The van der Waals surface area contributed by atoms with Gasteiger partial charge in [-0.15, -0.1) is 0 Å².